The number of thioether (sulfide) groups is 1. The highest BCUT2D eigenvalue weighted by Gasteiger charge is 2.11. The molecule has 3 rings (SSSR count). The first kappa shape index (κ1) is 13.8. The van der Waals surface area contributed by atoms with Crippen molar-refractivity contribution in [2.75, 3.05) is 6.26 Å². The van der Waals surface area contributed by atoms with Gasteiger partial charge in [0.2, 0.25) is 0 Å². The van der Waals surface area contributed by atoms with Gasteiger partial charge in [0.05, 0.1) is 11.9 Å². The summed E-state index contributed by atoms with van der Waals surface area (Å²) in [6.45, 7) is 0. The van der Waals surface area contributed by atoms with Crippen LogP contribution in [0.3, 0.4) is 0 Å². The van der Waals surface area contributed by atoms with E-state index >= 15 is 0 Å². The lowest BCUT2D eigenvalue weighted by Gasteiger charge is -2.01. The van der Waals surface area contributed by atoms with Crippen molar-refractivity contribution in [2.45, 2.75) is 4.90 Å². The van der Waals surface area contributed by atoms with Crippen molar-refractivity contribution in [3.8, 4) is 16.9 Å². The molecule has 6 heteroatoms. The molecule has 3 nitrogen and oxygen atoms in total. The van der Waals surface area contributed by atoms with Crippen LogP contribution in [0.15, 0.2) is 53.6 Å². The van der Waals surface area contributed by atoms with E-state index in [0.29, 0.717) is 5.69 Å². The number of rotatable bonds is 3. The molecule has 0 fully saturated rings. The van der Waals surface area contributed by atoms with Crippen molar-refractivity contribution in [1.29, 1.82) is 0 Å². The molecule has 2 aromatic carbocycles. The molecule has 0 unspecified atom stereocenters. The maximum atomic E-state index is 13.7. The van der Waals surface area contributed by atoms with Gasteiger partial charge in [0.1, 0.15) is 17.3 Å². The summed E-state index contributed by atoms with van der Waals surface area (Å²) in [5, 5.41) is 8.35. The number of hydrogen-bond donors (Lipinski definition) is 0. The minimum Gasteiger partial charge on any atom is -0.207 e. The molecule has 0 radical (unpaired) electrons. The highest BCUT2D eigenvalue weighted by Crippen LogP contribution is 2.22. The summed E-state index contributed by atoms with van der Waals surface area (Å²) in [6, 6.07) is 11.1. The Balaban J connectivity index is 1.95. The van der Waals surface area contributed by atoms with Crippen LogP contribution in [0.2, 0.25) is 0 Å². The molecule has 0 amide bonds. The van der Waals surface area contributed by atoms with Crippen LogP contribution in [0.4, 0.5) is 8.78 Å². The molecule has 21 heavy (non-hydrogen) atoms. The predicted octanol–water partition coefficient (Wildman–Crippen LogP) is 3.93. The fourth-order valence-electron chi connectivity index (χ4n) is 1.92. The van der Waals surface area contributed by atoms with Crippen LogP contribution in [-0.2, 0) is 0 Å². The lowest BCUT2D eigenvalue weighted by molar-refractivity contribution is 0.585. The van der Waals surface area contributed by atoms with E-state index in [-0.39, 0.29) is 5.56 Å². The number of hydrogen-bond acceptors (Lipinski definition) is 3. The monoisotopic (exact) mass is 303 g/mol. The van der Waals surface area contributed by atoms with Gasteiger partial charge in [-0.25, -0.2) is 8.78 Å². The summed E-state index contributed by atoms with van der Waals surface area (Å²) in [5.74, 6) is -1.27. The minimum absolute atomic E-state index is 0.225. The topological polar surface area (TPSA) is 30.7 Å². The maximum absolute atomic E-state index is 13.7. The fourth-order valence-corrected chi connectivity index (χ4v) is 2.33. The van der Waals surface area contributed by atoms with Gasteiger partial charge >= 0.3 is 0 Å². The van der Waals surface area contributed by atoms with Gasteiger partial charge in [-0.1, -0.05) is 0 Å². The third kappa shape index (κ3) is 2.80. The molecule has 106 valence electrons. The highest BCUT2D eigenvalue weighted by molar-refractivity contribution is 7.98. The molecule has 0 aliphatic rings. The van der Waals surface area contributed by atoms with Gasteiger partial charge in [-0.3, -0.25) is 0 Å². The van der Waals surface area contributed by atoms with E-state index in [0.717, 1.165) is 16.6 Å². The van der Waals surface area contributed by atoms with Gasteiger partial charge in [0.15, 0.2) is 0 Å². The Hall–Kier alpha value is -2.21. The van der Waals surface area contributed by atoms with Gasteiger partial charge in [-0.05, 0) is 42.7 Å². The minimum atomic E-state index is -0.653. The third-order valence-electron chi connectivity index (χ3n) is 3.00. The molecule has 0 saturated carbocycles. The average Bonchev–Trinajstić information content (AvgIpc) is 2.97. The second kappa shape index (κ2) is 5.65. The average molecular weight is 303 g/mol. The molecular formula is C15H11F2N3S. The molecule has 0 atom stereocenters. The molecule has 0 spiro atoms. The molecule has 0 aliphatic heterocycles. The smallest absolute Gasteiger partial charge is 0.135 e. The quantitative estimate of drug-likeness (QED) is 0.687. The van der Waals surface area contributed by atoms with Crippen LogP contribution in [0.5, 0.6) is 0 Å². The fraction of sp³-hybridized carbons (Fsp3) is 0.0667. The normalized spacial score (nSPS) is 10.8. The number of nitrogens with zero attached hydrogens (tertiary/aromatic N) is 3. The van der Waals surface area contributed by atoms with Crippen LogP contribution >= 0.6 is 11.8 Å². The molecular weight excluding hydrogens is 292 g/mol. The maximum Gasteiger partial charge on any atom is 0.135 e. The lowest BCUT2D eigenvalue weighted by Crippen LogP contribution is -1.98. The first-order chi connectivity index (χ1) is 10.2. The van der Waals surface area contributed by atoms with Gasteiger partial charge in [0, 0.05) is 16.5 Å². The largest absolute Gasteiger partial charge is 0.207 e. The van der Waals surface area contributed by atoms with E-state index in [9.17, 15) is 8.78 Å². The van der Waals surface area contributed by atoms with Crippen molar-refractivity contribution >= 4 is 11.8 Å². The van der Waals surface area contributed by atoms with Crippen LogP contribution in [-0.4, -0.2) is 21.2 Å². The Bertz CT molecular complexity index is 769. The second-order valence-electron chi connectivity index (χ2n) is 4.34. The van der Waals surface area contributed by atoms with Crippen molar-refractivity contribution in [3.05, 3.63) is 60.3 Å². The van der Waals surface area contributed by atoms with Gasteiger partial charge in [0.25, 0.3) is 0 Å². The first-order valence-electron chi connectivity index (χ1n) is 6.19. The van der Waals surface area contributed by atoms with Crippen molar-refractivity contribution in [2.24, 2.45) is 0 Å². The zero-order chi connectivity index (χ0) is 14.8. The summed E-state index contributed by atoms with van der Waals surface area (Å²) in [5.41, 5.74) is 1.37. The van der Waals surface area contributed by atoms with Crippen LogP contribution in [0.1, 0.15) is 0 Å². The Kier molecular flexibility index (Phi) is 3.70. The Morgan fingerprint density at radius 3 is 2.48 bits per heavy atom. The molecule has 0 N–H and O–H groups in total. The van der Waals surface area contributed by atoms with Gasteiger partial charge in [-0.15, -0.1) is 16.9 Å². The summed E-state index contributed by atoms with van der Waals surface area (Å²) in [4.78, 5) is 2.55. The Morgan fingerprint density at radius 2 is 1.81 bits per heavy atom. The highest BCUT2D eigenvalue weighted by atomic mass is 32.2. The number of halogens is 2. The summed E-state index contributed by atoms with van der Waals surface area (Å²) in [6.07, 6.45) is 3.45. The second-order valence-corrected chi connectivity index (χ2v) is 5.22. The van der Waals surface area contributed by atoms with Crippen LogP contribution in [0.25, 0.3) is 16.9 Å². The van der Waals surface area contributed by atoms with E-state index < -0.39 is 11.6 Å². The van der Waals surface area contributed by atoms with E-state index in [1.807, 2.05) is 30.5 Å². The Morgan fingerprint density at radius 1 is 1.05 bits per heavy atom. The van der Waals surface area contributed by atoms with Gasteiger partial charge in [-0.2, -0.15) is 9.90 Å². The molecule has 1 aromatic heterocycles. The molecule has 0 saturated heterocycles. The number of aromatic nitrogens is 3. The van der Waals surface area contributed by atoms with E-state index in [1.54, 1.807) is 11.8 Å². The van der Waals surface area contributed by atoms with E-state index in [1.165, 1.54) is 23.1 Å². The molecule has 1 heterocycles. The van der Waals surface area contributed by atoms with Crippen molar-refractivity contribution in [1.82, 2.24) is 15.0 Å². The summed E-state index contributed by atoms with van der Waals surface area (Å²) >= 11 is 1.64. The lowest BCUT2D eigenvalue weighted by atomic mass is 10.1. The van der Waals surface area contributed by atoms with Crippen LogP contribution in [0, 0.1) is 11.6 Å². The third-order valence-corrected chi connectivity index (χ3v) is 3.75. The molecule has 0 aliphatic carbocycles. The zero-order valence-electron chi connectivity index (χ0n) is 11.1. The molecule has 3 aromatic rings. The van der Waals surface area contributed by atoms with Gasteiger partial charge < -0.3 is 0 Å². The van der Waals surface area contributed by atoms with Crippen molar-refractivity contribution in [3.63, 3.8) is 0 Å². The summed E-state index contributed by atoms with van der Waals surface area (Å²) < 4.78 is 26.6. The molecule has 0 bridgehead atoms. The predicted molar refractivity (Wildman–Crippen MR) is 78.5 cm³/mol. The van der Waals surface area contributed by atoms with E-state index in [4.69, 9.17) is 0 Å². The summed E-state index contributed by atoms with van der Waals surface area (Å²) in [7, 11) is 0. The SMILES string of the molecule is CSc1ccc(-n2ncc(-c3ccc(F)cc3F)n2)cc1. The van der Waals surface area contributed by atoms with Crippen LogP contribution < -0.4 is 0 Å². The Labute approximate surface area is 124 Å². The zero-order valence-corrected chi connectivity index (χ0v) is 11.9. The number of benzene rings is 2. The first-order valence-corrected chi connectivity index (χ1v) is 7.42. The standard InChI is InChI=1S/C15H11F2N3S/c1-21-12-5-3-11(4-6-12)20-18-9-15(19-20)13-7-2-10(16)8-14(13)17/h2-9H,1H3. The van der Waals surface area contributed by atoms with Crippen molar-refractivity contribution < 1.29 is 8.78 Å². The van der Waals surface area contributed by atoms with E-state index in [2.05, 4.69) is 10.2 Å².